The molecule has 8 nitrogen and oxygen atoms in total. The number of carbonyl (C=O) groups excluding carboxylic acids is 1. The number of amides is 1. The highest BCUT2D eigenvalue weighted by molar-refractivity contribution is 7.90. The van der Waals surface area contributed by atoms with Crippen molar-refractivity contribution in [3.63, 3.8) is 0 Å². The lowest BCUT2D eigenvalue weighted by Gasteiger charge is -2.45. The minimum atomic E-state index is -4.02. The molecule has 7 atom stereocenters. The van der Waals surface area contributed by atoms with E-state index in [9.17, 15) is 18.3 Å². The molecule has 1 spiro atoms. The van der Waals surface area contributed by atoms with Gasteiger partial charge < -0.3 is 19.5 Å². The van der Waals surface area contributed by atoms with Crippen molar-refractivity contribution in [2.75, 3.05) is 31.2 Å². The quantitative estimate of drug-likeness (QED) is 0.418. The number of fused-ring (bicyclic) bond motifs is 4. The molecule has 3 aliphatic heterocycles. The van der Waals surface area contributed by atoms with Crippen LogP contribution in [0, 0.1) is 17.8 Å². The van der Waals surface area contributed by atoms with Crippen molar-refractivity contribution in [1.82, 2.24) is 4.72 Å². The van der Waals surface area contributed by atoms with E-state index in [2.05, 4.69) is 21.8 Å². The Kier molecular flexibility index (Phi) is 8.42. The Hall–Kier alpha value is -2.59. The smallest absolute Gasteiger partial charge is 0.264 e. The topological polar surface area (TPSA) is 105 Å². The van der Waals surface area contributed by atoms with Gasteiger partial charge in [-0.05, 0) is 111 Å². The van der Waals surface area contributed by atoms with Gasteiger partial charge in [0.05, 0.1) is 29.8 Å². The fourth-order valence-electron chi connectivity index (χ4n) is 8.19. The van der Waals surface area contributed by atoms with E-state index < -0.39 is 27.3 Å². The summed E-state index contributed by atoms with van der Waals surface area (Å²) >= 11 is 6.41. The third-order valence-electron chi connectivity index (χ3n) is 11.1. The lowest BCUT2D eigenvalue weighted by Crippen LogP contribution is -2.49. The summed E-state index contributed by atoms with van der Waals surface area (Å²) in [7, 11) is -4.02. The highest BCUT2D eigenvalue weighted by atomic mass is 35.5. The van der Waals surface area contributed by atoms with Crippen LogP contribution in [0.5, 0.6) is 5.75 Å². The number of aliphatic hydroxyl groups excluding tert-OH is 1. The molecule has 0 aromatic heterocycles. The molecule has 7 rings (SSSR count). The second-order valence-electron chi connectivity index (χ2n) is 14.0. The first-order chi connectivity index (χ1) is 21.6. The maximum Gasteiger partial charge on any atom is 0.264 e. The molecule has 1 amide bonds. The summed E-state index contributed by atoms with van der Waals surface area (Å²) in [5.74, 6) is 0.153. The molecule has 2 aliphatic carbocycles. The van der Waals surface area contributed by atoms with Crippen LogP contribution in [0.1, 0.15) is 73.4 Å². The zero-order valence-corrected chi connectivity index (χ0v) is 27.4. The molecule has 2 aromatic carbocycles. The normalized spacial score (nSPS) is 35.0. The Balaban J connectivity index is 1.27. The molecule has 2 bridgehead atoms. The van der Waals surface area contributed by atoms with Crippen LogP contribution in [0.3, 0.4) is 0 Å². The Bertz CT molecular complexity index is 1590. The van der Waals surface area contributed by atoms with E-state index in [4.69, 9.17) is 21.1 Å². The van der Waals surface area contributed by atoms with Crippen molar-refractivity contribution in [3.8, 4) is 5.75 Å². The molecule has 1 unspecified atom stereocenters. The predicted octanol–water partition coefficient (Wildman–Crippen LogP) is 5.40. The number of aliphatic hydroxyl groups is 1. The number of allylic oxidation sites excluding steroid dienone is 1. The van der Waals surface area contributed by atoms with Crippen LogP contribution in [-0.2, 0) is 26.6 Å². The third-order valence-corrected chi connectivity index (χ3v) is 13.2. The van der Waals surface area contributed by atoms with Gasteiger partial charge in [-0.3, -0.25) is 4.79 Å². The van der Waals surface area contributed by atoms with Crippen molar-refractivity contribution in [1.29, 1.82) is 0 Å². The Labute approximate surface area is 271 Å². The van der Waals surface area contributed by atoms with Crippen molar-refractivity contribution >= 4 is 33.2 Å². The maximum absolute atomic E-state index is 13.7. The molecule has 2 aromatic rings. The SMILES string of the molecule is CC1C/C=C/[C@H](O)[C@@H]2CC[C@H]2CN2C[C@@]3(CCCc4cc(Cl)ccc43)COc3ccc(cc32)C(=O)NS(=O)(=O)[C@H]1C[C@@H]1CCO1. The summed E-state index contributed by atoms with van der Waals surface area (Å²) in [6.45, 7) is 4.41. The number of anilines is 1. The second-order valence-corrected chi connectivity index (χ2v) is 16.3. The molecular formula is C35H43ClN2O6S. The van der Waals surface area contributed by atoms with E-state index in [0.717, 1.165) is 49.2 Å². The Morgan fingerprint density at radius 3 is 2.76 bits per heavy atom. The summed E-state index contributed by atoms with van der Waals surface area (Å²) in [5, 5.41) is 11.2. The average molecular weight is 655 g/mol. The van der Waals surface area contributed by atoms with Crippen LogP contribution < -0.4 is 14.4 Å². The number of aryl methyl sites for hydroxylation is 1. The maximum atomic E-state index is 13.7. The highest BCUT2D eigenvalue weighted by Gasteiger charge is 2.44. The number of benzene rings is 2. The fraction of sp³-hybridized carbons (Fsp3) is 0.571. The van der Waals surface area contributed by atoms with Crippen LogP contribution in [0.15, 0.2) is 48.6 Å². The number of nitrogens with one attached hydrogen (secondary N) is 1. The highest BCUT2D eigenvalue weighted by Crippen LogP contribution is 2.47. The molecule has 1 saturated carbocycles. The summed E-state index contributed by atoms with van der Waals surface area (Å²) in [6.07, 6.45) is 9.55. The number of sulfonamides is 1. The van der Waals surface area contributed by atoms with E-state index in [1.807, 2.05) is 25.1 Å². The number of hydrogen-bond acceptors (Lipinski definition) is 7. The van der Waals surface area contributed by atoms with Crippen molar-refractivity contribution < 1.29 is 27.8 Å². The van der Waals surface area contributed by atoms with Gasteiger partial charge in [0.1, 0.15) is 5.75 Å². The minimum absolute atomic E-state index is 0.111. The number of carbonyl (C=O) groups is 1. The van der Waals surface area contributed by atoms with E-state index >= 15 is 0 Å². The number of hydrogen-bond donors (Lipinski definition) is 2. The second kappa shape index (κ2) is 12.2. The van der Waals surface area contributed by atoms with Crippen molar-refractivity contribution in [2.24, 2.45) is 17.8 Å². The Morgan fingerprint density at radius 1 is 1.16 bits per heavy atom. The number of ether oxygens (including phenoxy) is 2. The van der Waals surface area contributed by atoms with Gasteiger partial charge in [0.25, 0.3) is 5.91 Å². The zero-order chi connectivity index (χ0) is 31.3. The largest absolute Gasteiger partial charge is 0.490 e. The van der Waals surface area contributed by atoms with Crippen LogP contribution in [-0.4, -0.2) is 63.2 Å². The summed E-state index contributed by atoms with van der Waals surface area (Å²) in [6, 6.07) is 11.4. The van der Waals surface area contributed by atoms with E-state index in [1.54, 1.807) is 18.2 Å². The molecule has 10 heteroatoms. The third kappa shape index (κ3) is 6.01. The van der Waals surface area contributed by atoms with E-state index in [-0.39, 0.29) is 34.8 Å². The molecule has 5 aliphatic rings. The number of nitrogens with zero attached hydrogens (tertiary/aromatic N) is 1. The van der Waals surface area contributed by atoms with Gasteiger partial charge in [0, 0.05) is 35.7 Å². The van der Waals surface area contributed by atoms with Gasteiger partial charge in [-0.2, -0.15) is 0 Å². The van der Waals surface area contributed by atoms with Crippen LogP contribution >= 0.6 is 11.6 Å². The molecule has 2 fully saturated rings. The van der Waals surface area contributed by atoms with Crippen molar-refractivity contribution in [3.05, 3.63) is 70.3 Å². The van der Waals surface area contributed by atoms with Crippen molar-refractivity contribution in [2.45, 2.75) is 81.2 Å². The average Bonchev–Trinajstić information content (AvgIpc) is 3.10. The molecule has 3 heterocycles. The molecule has 45 heavy (non-hydrogen) atoms. The van der Waals surface area contributed by atoms with E-state index in [1.165, 1.54) is 11.1 Å². The monoisotopic (exact) mass is 654 g/mol. The molecular weight excluding hydrogens is 612 g/mol. The summed E-state index contributed by atoms with van der Waals surface area (Å²) in [5.41, 5.74) is 3.30. The van der Waals surface area contributed by atoms with Gasteiger partial charge in [0.2, 0.25) is 10.0 Å². The molecule has 0 radical (unpaired) electrons. The Morgan fingerprint density at radius 2 is 2.00 bits per heavy atom. The first-order valence-corrected chi connectivity index (χ1v) is 18.4. The van der Waals surface area contributed by atoms with Gasteiger partial charge in [-0.25, -0.2) is 13.1 Å². The zero-order valence-electron chi connectivity index (χ0n) is 25.8. The number of rotatable bonds is 2. The molecule has 242 valence electrons. The van der Waals surface area contributed by atoms with Gasteiger partial charge in [-0.1, -0.05) is 36.7 Å². The molecule has 1 saturated heterocycles. The van der Waals surface area contributed by atoms with E-state index in [0.29, 0.717) is 44.9 Å². The first-order valence-electron chi connectivity index (χ1n) is 16.4. The summed E-state index contributed by atoms with van der Waals surface area (Å²) < 4.78 is 42.1. The van der Waals surface area contributed by atoms with Gasteiger partial charge in [-0.15, -0.1) is 0 Å². The first kappa shape index (κ1) is 31.0. The van der Waals surface area contributed by atoms with Gasteiger partial charge in [0.15, 0.2) is 0 Å². The molecule has 2 N–H and O–H groups in total. The van der Waals surface area contributed by atoms with Gasteiger partial charge >= 0.3 is 0 Å². The lowest BCUT2D eigenvalue weighted by atomic mass is 9.68. The van der Waals surface area contributed by atoms with Crippen LogP contribution in [0.2, 0.25) is 5.02 Å². The minimum Gasteiger partial charge on any atom is -0.490 e. The lowest BCUT2D eigenvalue weighted by molar-refractivity contribution is -0.0564. The van der Waals surface area contributed by atoms with Crippen LogP contribution in [0.4, 0.5) is 5.69 Å². The predicted molar refractivity (Wildman–Crippen MR) is 175 cm³/mol. The standard InChI is InChI=1S/C35H43ClN2O6S/c1-22-4-2-6-31(39)28-10-7-25(28)19-38-20-35(14-3-5-23-16-26(36)9-11-29(23)35)21-44-32-12-8-24(17-30(32)38)34(40)37-45(41,42)33(22)18-27-13-15-43-27/h2,6,8-9,11-12,16-17,22,25,27-28,31,33,39H,3-5,7,10,13-15,18-21H2,1H3,(H,37,40)/b6-2+/t22?,25-,27-,28+,31-,33-,35-/m0/s1. The summed E-state index contributed by atoms with van der Waals surface area (Å²) in [4.78, 5) is 16.0. The number of halogens is 1. The van der Waals surface area contributed by atoms with Crippen LogP contribution in [0.25, 0.3) is 0 Å². The fourth-order valence-corrected chi connectivity index (χ4v) is 10.1.